The van der Waals surface area contributed by atoms with Crippen molar-refractivity contribution in [3.63, 3.8) is 0 Å². The van der Waals surface area contributed by atoms with Gasteiger partial charge in [-0.15, -0.1) is 0 Å². The number of aliphatic carboxylic acids is 1. The van der Waals surface area contributed by atoms with Crippen molar-refractivity contribution in [3.05, 3.63) is 36.0 Å². The molecule has 3 heterocycles. The number of aromatic nitrogens is 2. The lowest BCUT2D eigenvalue weighted by atomic mass is 10.0. The van der Waals surface area contributed by atoms with Gasteiger partial charge in [0.1, 0.15) is 17.5 Å². The van der Waals surface area contributed by atoms with Gasteiger partial charge >= 0.3 is 5.97 Å². The number of hydrogen-bond acceptors (Lipinski definition) is 9. The van der Waals surface area contributed by atoms with E-state index >= 15 is 0 Å². The van der Waals surface area contributed by atoms with Gasteiger partial charge in [0.2, 0.25) is 5.95 Å². The number of carbonyl (C=O) groups is 1. The van der Waals surface area contributed by atoms with Crippen LogP contribution in [0.25, 0.3) is 17.0 Å². The van der Waals surface area contributed by atoms with E-state index in [0.717, 1.165) is 0 Å². The highest BCUT2D eigenvalue weighted by Crippen LogP contribution is 2.38. The van der Waals surface area contributed by atoms with Crippen LogP contribution in [0.1, 0.15) is 5.69 Å². The Labute approximate surface area is 179 Å². The van der Waals surface area contributed by atoms with Crippen molar-refractivity contribution in [2.45, 2.75) is 6.04 Å². The lowest BCUT2D eigenvalue weighted by Gasteiger charge is -2.33. The fourth-order valence-electron chi connectivity index (χ4n) is 3.65. The van der Waals surface area contributed by atoms with Gasteiger partial charge in [-0.05, 0) is 30.3 Å². The molecule has 164 valence electrons. The average molecular weight is 427 g/mol. The zero-order valence-electron chi connectivity index (χ0n) is 17.2. The molecule has 0 amide bonds. The summed E-state index contributed by atoms with van der Waals surface area (Å²) >= 11 is 0. The zero-order valence-corrected chi connectivity index (χ0v) is 17.2. The van der Waals surface area contributed by atoms with Crippen LogP contribution in [0.3, 0.4) is 0 Å². The molecule has 10 nitrogen and oxygen atoms in total. The van der Waals surface area contributed by atoms with Gasteiger partial charge in [0, 0.05) is 32.2 Å². The molecule has 4 rings (SSSR count). The fourth-order valence-corrected chi connectivity index (χ4v) is 3.65. The Kier molecular flexibility index (Phi) is 5.92. The zero-order chi connectivity index (χ0) is 22.0. The van der Waals surface area contributed by atoms with Gasteiger partial charge in [0.25, 0.3) is 0 Å². The Balaban J connectivity index is 1.90. The average Bonchev–Trinajstić information content (AvgIpc) is 2.79. The summed E-state index contributed by atoms with van der Waals surface area (Å²) in [6.07, 6.45) is 1.59. The molecular formula is C21H25N5O5. The maximum Gasteiger partial charge on any atom is 0.330 e. The fraction of sp³-hybridized carbons (Fsp3) is 0.381. The first-order valence-electron chi connectivity index (χ1n) is 10.1. The molecule has 0 aliphatic carbocycles. The van der Waals surface area contributed by atoms with Crippen molar-refractivity contribution in [1.29, 1.82) is 0 Å². The summed E-state index contributed by atoms with van der Waals surface area (Å²) in [4.78, 5) is 25.2. The van der Waals surface area contributed by atoms with Crippen LogP contribution in [0.5, 0.6) is 5.75 Å². The molecule has 2 aliphatic rings. The molecule has 2 aromatic rings. The summed E-state index contributed by atoms with van der Waals surface area (Å²) < 4.78 is 5.44. The third-order valence-electron chi connectivity index (χ3n) is 5.31. The van der Waals surface area contributed by atoms with Gasteiger partial charge in [0.05, 0.1) is 36.9 Å². The molecule has 1 unspecified atom stereocenters. The van der Waals surface area contributed by atoms with Crippen molar-refractivity contribution in [1.82, 2.24) is 14.9 Å². The molecule has 1 aromatic carbocycles. The lowest BCUT2D eigenvalue weighted by Crippen LogP contribution is -2.39. The number of hydrogen-bond donors (Lipinski definition) is 4. The standard InChI is InChI=1S/C21H25N5O5/c1-25(6-9-27)16-12-15(20(29)30)22-19-17(13-2-4-14(28)5-3-13)23-21(24-18(16)19)26-7-10-31-11-8-26/h2-5,12,15,22,27-28H,6-11H2,1H3,(H,29,30). The highest BCUT2D eigenvalue weighted by atomic mass is 16.5. The highest BCUT2D eigenvalue weighted by Gasteiger charge is 2.31. The Morgan fingerprint density at radius 3 is 2.55 bits per heavy atom. The SMILES string of the molecule is CN(CCO)C1=CC(C(=O)O)Nc2c1nc(N1CCOCC1)nc2-c1ccc(O)cc1. The van der Waals surface area contributed by atoms with E-state index in [-0.39, 0.29) is 12.4 Å². The number of fused-ring (bicyclic) bond motifs is 1. The van der Waals surface area contributed by atoms with E-state index < -0.39 is 12.0 Å². The largest absolute Gasteiger partial charge is 0.508 e. The van der Waals surface area contributed by atoms with Gasteiger partial charge in [-0.2, -0.15) is 0 Å². The summed E-state index contributed by atoms with van der Waals surface area (Å²) in [6, 6.07) is 5.61. The summed E-state index contributed by atoms with van der Waals surface area (Å²) in [6.45, 7) is 2.67. The van der Waals surface area contributed by atoms with Crippen molar-refractivity contribution in [2.75, 3.05) is 56.7 Å². The molecule has 0 saturated carbocycles. The number of carboxylic acid groups (broad SMARTS) is 1. The number of aromatic hydroxyl groups is 1. The normalized spacial score (nSPS) is 18.1. The molecule has 1 saturated heterocycles. The van der Waals surface area contributed by atoms with E-state index in [1.54, 1.807) is 42.3 Å². The second kappa shape index (κ2) is 8.78. The number of carboxylic acids is 1. The number of phenolic OH excluding ortho intramolecular Hbond substituents is 1. The van der Waals surface area contributed by atoms with E-state index in [9.17, 15) is 20.1 Å². The van der Waals surface area contributed by atoms with Crippen LogP contribution in [0.15, 0.2) is 30.3 Å². The van der Waals surface area contributed by atoms with Crippen LogP contribution in [-0.4, -0.2) is 88.7 Å². The monoisotopic (exact) mass is 427 g/mol. The molecule has 1 aromatic heterocycles. The smallest absolute Gasteiger partial charge is 0.330 e. The minimum Gasteiger partial charge on any atom is -0.508 e. The number of morpholine rings is 1. The van der Waals surface area contributed by atoms with E-state index in [0.29, 0.717) is 67.1 Å². The molecule has 1 fully saturated rings. The number of phenols is 1. The van der Waals surface area contributed by atoms with Gasteiger partial charge in [-0.25, -0.2) is 14.8 Å². The maximum absolute atomic E-state index is 11.8. The van der Waals surface area contributed by atoms with Crippen LogP contribution in [0, 0.1) is 0 Å². The van der Waals surface area contributed by atoms with Crippen molar-refractivity contribution in [2.24, 2.45) is 0 Å². The van der Waals surface area contributed by atoms with E-state index in [1.807, 2.05) is 4.90 Å². The number of ether oxygens (including phenoxy) is 1. The third-order valence-corrected chi connectivity index (χ3v) is 5.31. The molecule has 2 aliphatic heterocycles. The maximum atomic E-state index is 11.8. The number of benzene rings is 1. The van der Waals surface area contributed by atoms with Crippen LogP contribution < -0.4 is 10.2 Å². The molecular weight excluding hydrogens is 402 g/mol. The first-order valence-corrected chi connectivity index (χ1v) is 10.1. The molecule has 4 N–H and O–H groups in total. The van der Waals surface area contributed by atoms with Crippen LogP contribution in [-0.2, 0) is 9.53 Å². The third kappa shape index (κ3) is 4.25. The topological polar surface area (TPSA) is 131 Å². The number of rotatable bonds is 6. The Morgan fingerprint density at radius 1 is 1.23 bits per heavy atom. The second-order valence-electron chi connectivity index (χ2n) is 7.40. The molecule has 0 radical (unpaired) electrons. The second-order valence-corrected chi connectivity index (χ2v) is 7.40. The van der Waals surface area contributed by atoms with Gasteiger partial charge in [-0.3, -0.25) is 0 Å². The summed E-state index contributed by atoms with van der Waals surface area (Å²) in [5, 5.41) is 31.8. The molecule has 31 heavy (non-hydrogen) atoms. The van der Waals surface area contributed by atoms with Gasteiger partial charge < -0.3 is 35.2 Å². The van der Waals surface area contributed by atoms with Crippen LogP contribution >= 0.6 is 0 Å². The number of anilines is 2. The van der Waals surface area contributed by atoms with Crippen molar-refractivity contribution < 1.29 is 24.9 Å². The van der Waals surface area contributed by atoms with Crippen LogP contribution in [0.4, 0.5) is 11.6 Å². The van der Waals surface area contributed by atoms with E-state index in [2.05, 4.69) is 5.32 Å². The molecule has 10 heteroatoms. The first-order chi connectivity index (χ1) is 15.0. The first kappa shape index (κ1) is 20.9. The number of aliphatic hydroxyl groups is 1. The minimum atomic E-state index is -1.03. The highest BCUT2D eigenvalue weighted by molar-refractivity contribution is 5.93. The van der Waals surface area contributed by atoms with Gasteiger partial charge in [0.15, 0.2) is 0 Å². The van der Waals surface area contributed by atoms with E-state index in [1.165, 1.54) is 0 Å². The number of likely N-dealkylation sites (N-methyl/N-ethyl adjacent to an activating group) is 1. The van der Waals surface area contributed by atoms with Gasteiger partial charge in [-0.1, -0.05) is 0 Å². The van der Waals surface area contributed by atoms with Crippen molar-refractivity contribution in [3.8, 4) is 17.0 Å². The minimum absolute atomic E-state index is 0.0828. The van der Waals surface area contributed by atoms with Crippen LogP contribution in [0.2, 0.25) is 0 Å². The lowest BCUT2D eigenvalue weighted by molar-refractivity contribution is -0.136. The Hall–Kier alpha value is -3.37. The Morgan fingerprint density at radius 2 is 1.90 bits per heavy atom. The summed E-state index contributed by atoms with van der Waals surface area (Å²) in [5.74, 6) is -0.391. The number of nitrogens with zero attached hydrogens (tertiary/aromatic N) is 4. The molecule has 0 bridgehead atoms. The molecule has 1 atom stereocenters. The quantitative estimate of drug-likeness (QED) is 0.526. The Bertz CT molecular complexity index is 988. The molecule has 0 spiro atoms. The summed E-state index contributed by atoms with van der Waals surface area (Å²) in [5.41, 5.74) is 2.92. The number of aliphatic hydroxyl groups excluding tert-OH is 1. The van der Waals surface area contributed by atoms with E-state index in [4.69, 9.17) is 14.7 Å². The van der Waals surface area contributed by atoms with Crippen molar-refractivity contribution >= 4 is 23.3 Å². The number of nitrogens with one attached hydrogen (secondary N) is 1. The predicted molar refractivity (Wildman–Crippen MR) is 115 cm³/mol. The summed E-state index contributed by atoms with van der Waals surface area (Å²) in [7, 11) is 1.78. The predicted octanol–water partition coefficient (Wildman–Crippen LogP) is 0.829.